The van der Waals surface area contributed by atoms with Crippen molar-refractivity contribution >= 4 is 11.3 Å². The SMILES string of the molecule is CNC(Cc1ccsc1)c1c(OC)cnn1C. The molecular formula is C12H17N3OS. The second-order valence-corrected chi connectivity index (χ2v) is 4.68. The van der Waals surface area contributed by atoms with Gasteiger partial charge in [-0.05, 0) is 35.9 Å². The monoisotopic (exact) mass is 251 g/mol. The number of hydrogen-bond donors (Lipinski definition) is 1. The van der Waals surface area contributed by atoms with Gasteiger partial charge in [-0.15, -0.1) is 0 Å². The summed E-state index contributed by atoms with van der Waals surface area (Å²) in [6.07, 6.45) is 2.70. The van der Waals surface area contributed by atoms with E-state index < -0.39 is 0 Å². The summed E-state index contributed by atoms with van der Waals surface area (Å²) in [4.78, 5) is 0. The first-order valence-electron chi connectivity index (χ1n) is 5.50. The third-order valence-electron chi connectivity index (χ3n) is 2.87. The Morgan fingerprint density at radius 3 is 3.00 bits per heavy atom. The van der Waals surface area contributed by atoms with Crippen molar-refractivity contribution in [1.29, 1.82) is 0 Å². The number of likely N-dealkylation sites (N-methyl/N-ethyl adjacent to an activating group) is 1. The van der Waals surface area contributed by atoms with Crippen molar-refractivity contribution in [2.75, 3.05) is 14.2 Å². The van der Waals surface area contributed by atoms with Crippen LogP contribution in [0.25, 0.3) is 0 Å². The summed E-state index contributed by atoms with van der Waals surface area (Å²) >= 11 is 1.72. The first-order chi connectivity index (χ1) is 8.26. The molecule has 0 bridgehead atoms. The minimum atomic E-state index is 0.215. The fourth-order valence-electron chi connectivity index (χ4n) is 1.96. The molecule has 2 aromatic rings. The van der Waals surface area contributed by atoms with Crippen molar-refractivity contribution < 1.29 is 4.74 Å². The summed E-state index contributed by atoms with van der Waals surface area (Å²) in [6, 6.07) is 2.37. The molecule has 1 atom stereocenters. The quantitative estimate of drug-likeness (QED) is 0.883. The van der Waals surface area contributed by atoms with Gasteiger partial charge >= 0.3 is 0 Å². The number of hydrogen-bond acceptors (Lipinski definition) is 4. The van der Waals surface area contributed by atoms with Crippen molar-refractivity contribution in [2.45, 2.75) is 12.5 Å². The zero-order valence-electron chi connectivity index (χ0n) is 10.3. The first-order valence-corrected chi connectivity index (χ1v) is 6.44. The molecule has 0 amide bonds. The fraction of sp³-hybridized carbons (Fsp3) is 0.417. The Bertz CT molecular complexity index is 464. The lowest BCUT2D eigenvalue weighted by Crippen LogP contribution is -2.22. The zero-order valence-corrected chi connectivity index (χ0v) is 11.1. The molecule has 2 heterocycles. The van der Waals surface area contributed by atoms with E-state index in [9.17, 15) is 0 Å². The summed E-state index contributed by atoms with van der Waals surface area (Å²) in [6.45, 7) is 0. The first kappa shape index (κ1) is 12.1. The topological polar surface area (TPSA) is 39.1 Å². The van der Waals surface area contributed by atoms with Crippen LogP contribution in [0, 0.1) is 0 Å². The summed E-state index contributed by atoms with van der Waals surface area (Å²) in [5, 5.41) is 11.8. The normalized spacial score (nSPS) is 12.6. The summed E-state index contributed by atoms with van der Waals surface area (Å²) in [5.74, 6) is 0.835. The van der Waals surface area contributed by atoms with Gasteiger partial charge in [0, 0.05) is 7.05 Å². The van der Waals surface area contributed by atoms with E-state index in [1.54, 1.807) is 24.6 Å². The average molecular weight is 251 g/mol. The molecule has 2 rings (SSSR count). The molecule has 0 saturated heterocycles. The van der Waals surface area contributed by atoms with E-state index in [1.165, 1.54) is 5.56 Å². The second kappa shape index (κ2) is 5.33. The van der Waals surface area contributed by atoms with E-state index in [2.05, 4.69) is 27.2 Å². The zero-order chi connectivity index (χ0) is 12.3. The van der Waals surface area contributed by atoms with Gasteiger partial charge in [-0.25, -0.2) is 0 Å². The highest BCUT2D eigenvalue weighted by Gasteiger charge is 2.19. The van der Waals surface area contributed by atoms with Gasteiger partial charge in [0.05, 0.1) is 25.0 Å². The molecule has 92 valence electrons. The van der Waals surface area contributed by atoms with E-state index in [0.29, 0.717) is 0 Å². The van der Waals surface area contributed by atoms with Gasteiger partial charge in [-0.1, -0.05) is 0 Å². The molecule has 0 aliphatic carbocycles. The van der Waals surface area contributed by atoms with Crippen LogP contribution in [-0.2, 0) is 13.5 Å². The number of nitrogens with one attached hydrogen (secondary N) is 1. The Balaban J connectivity index is 2.25. The van der Waals surface area contributed by atoms with Gasteiger partial charge in [-0.2, -0.15) is 16.4 Å². The van der Waals surface area contributed by atoms with Crippen molar-refractivity contribution in [1.82, 2.24) is 15.1 Å². The highest BCUT2D eigenvalue weighted by molar-refractivity contribution is 7.07. The van der Waals surface area contributed by atoms with E-state index in [0.717, 1.165) is 17.9 Å². The van der Waals surface area contributed by atoms with E-state index >= 15 is 0 Å². The number of thiophene rings is 1. The molecule has 0 fully saturated rings. The van der Waals surface area contributed by atoms with Gasteiger partial charge in [0.25, 0.3) is 0 Å². The fourth-order valence-corrected chi connectivity index (χ4v) is 2.64. The lowest BCUT2D eigenvalue weighted by atomic mass is 10.1. The molecule has 0 aromatic carbocycles. The number of rotatable bonds is 5. The number of aromatic nitrogens is 2. The van der Waals surface area contributed by atoms with Crippen LogP contribution in [0.3, 0.4) is 0 Å². The maximum atomic E-state index is 5.35. The number of nitrogens with zero attached hydrogens (tertiary/aromatic N) is 2. The molecule has 0 spiro atoms. The predicted octanol–water partition coefficient (Wildman–Crippen LogP) is 1.99. The standard InChI is InChI=1S/C12H17N3OS/c1-13-10(6-9-4-5-17-8-9)12-11(16-3)7-14-15(12)2/h4-5,7-8,10,13H,6H2,1-3H3. The Labute approximate surface area is 105 Å². The molecule has 5 heteroatoms. The van der Waals surface area contributed by atoms with Crippen LogP contribution in [0.15, 0.2) is 23.0 Å². The van der Waals surface area contributed by atoms with Gasteiger partial charge in [0.15, 0.2) is 5.75 Å². The van der Waals surface area contributed by atoms with Crippen LogP contribution < -0.4 is 10.1 Å². The van der Waals surface area contributed by atoms with Crippen LogP contribution in [0.1, 0.15) is 17.3 Å². The Hall–Kier alpha value is -1.33. The van der Waals surface area contributed by atoms with Gasteiger partial charge < -0.3 is 10.1 Å². The Morgan fingerprint density at radius 1 is 1.59 bits per heavy atom. The maximum absolute atomic E-state index is 5.35. The van der Waals surface area contributed by atoms with E-state index in [-0.39, 0.29) is 6.04 Å². The molecule has 17 heavy (non-hydrogen) atoms. The molecule has 0 saturated carbocycles. The van der Waals surface area contributed by atoms with Crippen LogP contribution in [0.4, 0.5) is 0 Å². The van der Waals surface area contributed by atoms with Crippen LogP contribution >= 0.6 is 11.3 Å². The molecule has 4 nitrogen and oxygen atoms in total. The highest BCUT2D eigenvalue weighted by atomic mass is 32.1. The number of ether oxygens (including phenoxy) is 1. The third-order valence-corrected chi connectivity index (χ3v) is 3.60. The van der Waals surface area contributed by atoms with Crippen LogP contribution in [0.2, 0.25) is 0 Å². The molecule has 0 aliphatic heterocycles. The minimum Gasteiger partial charge on any atom is -0.493 e. The molecule has 2 aromatic heterocycles. The smallest absolute Gasteiger partial charge is 0.161 e. The molecule has 1 N–H and O–H groups in total. The molecule has 0 radical (unpaired) electrons. The minimum absolute atomic E-state index is 0.215. The number of aryl methyl sites for hydroxylation is 1. The van der Waals surface area contributed by atoms with Gasteiger partial charge in [-0.3, -0.25) is 4.68 Å². The highest BCUT2D eigenvalue weighted by Crippen LogP contribution is 2.27. The Kier molecular flexibility index (Phi) is 3.81. The van der Waals surface area contributed by atoms with E-state index in [4.69, 9.17) is 4.74 Å². The number of methoxy groups -OCH3 is 1. The largest absolute Gasteiger partial charge is 0.493 e. The van der Waals surface area contributed by atoms with Crippen molar-refractivity contribution in [3.63, 3.8) is 0 Å². The second-order valence-electron chi connectivity index (χ2n) is 3.90. The molecule has 1 unspecified atom stereocenters. The van der Waals surface area contributed by atoms with Gasteiger partial charge in [0.1, 0.15) is 0 Å². The summed E-state index contributed by atoms with van der Waals surface area (Å²) < 4.78 is 7.21. The molecular weight excluding hydrogens is 234 g/mol. The van der Waals surface area contributed by atoms with Gasteiger partial charge in [0.2, 0.25) is 0 Å². The van der Waals surface area contributed by atoms with Crippen molar-refractivity contribution in [3.8, 4) is 5.75 Å². The van der Waals surface area contributed by atoms with Crippen molar-refractivity contribution in [2.24, 2.45) is 7.05 Å². The van der Waals surface area contributed by atoms with Crippen LogP contribution in [0.5, 0.6) is 5.75 Å². The van der Waals surface area contributed by atoms with Crippen molar-refractivity contribution in [3.05, 3.63) is 34.3 Å². The summed E-state index contributed by atoms with van der Waals surface area (Å²) in [7, 11) is 5.58. The average Bonchev–Trinajstić information content (AvgIpc) is 2.95. The lowest BCUT2D eigenvalue weighted by molar-refractivity contribution is 0.397. The predicted molar refractivity (Wildman–Crippen MR) is 69.6 cm³/mol. The lowest BCUT2D eigenvalue weighted by Gasteiger charge is -2.17. The third kappa shape index (κ3) is 2.50. The maximum Gasteiger partial charge on any atom is 0.161 e. The van der Waals surface area contributed by atoms with Crippen LogP contribution in [-0.4, -0.2) is 23.9 Å². The van der Waals surface area contributed by atoms with E-state index in [1.807, 2.05) is 18.8 Å². The Morgan fingerprint density at radius 2 is 2.41 bits per heavy atom. The summed E-state index contributed by atoms with van der Waals surface area (Å²) in [5.41, 5.74) is 2.42. The molecule has 0 aliphatic rings.